The van der Waals surface area contributed by atoms with Gasteiger partial charge in [0.25, 0.3) is 0 Å². The molecule has 1 aliphatic heterocycles. The third kappa shape index (κ3) is 5.38. The molecule has 1 saturated heterocycles. The lowest BCUT2D eigenvalue weighted by molar-refractivity contribution is -0.119. The summed E-state index contributed by atoms with van der Waals surface area (Å²) in [5.74, 6) is -0.227. The highest BCUT2D eigenvalue weighted by Crippen LogP contribution is 2.18. The molecule has 0 bridgehead atoms. The number of carbonyl (C=O) groups is 1. The number of hydrogen-bond acceptors (Lipinski definition) is 5. The quantitative estimate of drug-likeness (QED) is 0.581. The fourth-order valence-electron chi connectivity index (χ4n) is 1.89. The van der Waals surface area contributed by atoms with E-state index in [-0.39, 0.29) is 23.2 Å². The van der Waals surface area contributed by atoms with Crippen LogP contribution >= 0.6 is 35.6 Å². The molecule has 20 heavy (non-hydrogen) atoms. The minimum Gasteiger partial charge on any atom is -0.358 e. The number of amides is 1. The van der Waals surface area contributed by atoms with E-state index in [9.17, 15) is 13.2 Å². The minimum atomic E-state index is -3.13. The molecule has 1 heterocycles. The number of thiocarbonyl (C=S) groups is 1. The van der Waals surface area contributed by atoms with Gasteiger partial charge in [0.1, 0.15) is 4.32 Å². The number of nitrogens with zero attached hydrogens (tertiary/aromatic N) is 1. The van der Waals surface area contributed by atoms with Crippen LogP contribution < -0.4 is 5.32 Å². The number of alkyl halides is 1. The van der Waals surface area contributed by atoms with Crippen LogP contribution in [0.4, 0.5) is 0 Å². The second-order valence-corrected chi connectivity index (χ2v) is 8.82. The van der Waals surface area contributed by atoms with Crippen LogP contribution in [0, 0.1) is 0 Å². The standard InChI is InChI=1S/C11H19ClN2O3S3/c1-3-14(4-2)11(18)19-5-10(15)13-9-7-20(16,17)6-8(9)12/h8-9H,3-7H2,1-2H3,(H,13,15)/t8-,9+/m0/s1. The maximum Gasteiger partial charge on any atom is 0.230 e. The first-order valence-corrected chi connectivity index (χ1v) is 9.99. The Labute approximate surface area is 134 Å². The number of rotatable bonds is 5. The van der Waals surface area contributed by atoms with Gasteiger partial charge in [-0.15, -0.1) is 11.6 Å². The molecule has 0 aromatic carbocycles. The third-order valence-electron chi connectivity index (χ3n) is 2.98. The zero-order chi connectivity index (χ0) is 15.3. The van der Waals surface area contributed by atoms with E-state index in [2.05, 4.69) is 5.32 Å². The first kappa shape index (κ1) is 18.0. The van der Waals surface area contributed by atoms with E-state index in [1.54, 1.807) is 0 Å². The van der Waals surface area contributed by atoms with E-state index in [0.717, 1.165) is 13.1 Å². The second kappa shape index (κ2) is 7.82. The molecule has 0 aliphatic carbocycles. The van der Waals surface area contributed by atoms with Gasteiger partial charge < -0.3 is 10.2 Å². The van der Waals surface area contributed by atoms with Crippen LogP contribution in [0.15, 0.2) is 0 Å². The van der Waals surface area contributed by atoms with Crippen LogP contribution in [0.5, 0.6) is 0 Å². The zero-order valence-corrected chi connectivity index (χ0v) is 14.7. The SMILES string of the molecule is CCN(CC)C(=S)SCC(=O)N[C@@H]1CS(=O)(=O)C[C@@H]1Cl. The number of carbonyl (C=O) groups excluding carboxylic acids is 1. The molecular weight excluding hydrogens is 340 g/mol. The molecule has 1 N–H and O–H groups in total. The summed E-state index contributed by atoms with van der Waals surface area (Å²) in [7, 11) is -3.13. The lowest BCUT2D eigenvalue weighted by Crippen LogP contribution is -2.42. The number of halogens is 1. The van der Waals surface area contributed by atoms with E-state index in [1.807, 2.05) is 18.7 Å². The number of nitrogens with one attached hydrogen (secondary N) is 1. The molecule has 1 fully saturated rings. The van der Waals surface area contributed by atoms with Gasteiger partial charge in [-0.25, -0.2) is 8.42 Å². The van der Waals surface area contributed by atoms with Crippen molar-refractivity contribution in [3.63, 3.8) is 0 Å². The van der Waals surface area contributed by atoms with E-state index < -0.39 is 21.3 Å². The van der Waals surface area contributed by atoms with Crippen molar-refractivity contribution in [1.82, 2.24) is 10.2 Å². The van der Waals surface area contributed by atoms with E-state index in [4.69, 9.17) is 23.8 Å². The molecule has 1 rings (SSSR count). The van der Waals surface area contributed by atoms with Crippen molar-refractivity contribution in [2.24, 2.45) is 0 Å². The van der Waals surface area contributed by atoms with Crippen molar-refractivity contribution >= 4 is 55.6 Å². The fourth-order valence-corrected chi connectivity index (χ4v) is 5.65. The predicted molar refractivity (Wildman–Crippen MR) is 88.2 cm³/mol. The van der Waals surface area contributed by atoms with Crippen molar-refractivity contribution in [2.45, 2.75) is 25.3 Å². The Kier molecular flexibility index (Phi) is 7.03. The van der Waals surface area contributed by atoms with Crippen molar-refractivity contribution < 1.29 is 13.2 Å². The topological polar surface area (TPSA) is 66.5 Å². The predicted octanol–water partition coefficient (Wildman–Crippen LogP) is 0.867. The normalized spacial score (nSPS) is 24.4. The largest absolute Gasteiger partial charge is 0.358 e. The lowest BCUT2D eigenvalue weighted by Gasteiger charge is -2.21. The number of hydrogen-bond donors (Lipinski definition) is 1. The van der Waals surface area contributed by atoms with Gasteiger partial charge in [-0.1, -0.05) is 24.0 Å². The Morgan fingerprint density at radius 1 is 1.40 bits per heavy atom. The minimum absolute atomic E-state index is 0.0789. The third-order valence-corrected chi connectivity index (χ3v) is 6.88. The fraction of sp³-hybridized carbons (Fsp3) is 0.818. The number of thioether (sulfide) groups is 1. The lowest BCUT2D eigenvalue weighted by atomic mass is 10.2. The highest BCUT2D eigenvalue weighted by atomic mass is 35.5. The number of sulfone groups is 1. The maximum absolute atomic E-state index is 11.8. The smallest absolute Gasteiger partial charge is 0.230 e. The van der Waals surface area contributed by atoms with Crippen LogP contribution in [0.2, 0.25) is 0 Å². The average molecular weight is 359 g/mol. The van der Waals surface area contributed by atoms with Crippen LogP contribution in [0.25, 0.3) is 0 Å². The molecule has 0 unspecified atom stereocenters. The Morgan fingerprint density at radius 3 is 2.45 bits per heavy atom. The first-order valence-electron chi connectivity index (χ1n) is 6.34. The molecule has 0 aromatic rings. The van der Waals surface area contributed by atoms with Gasteiger partial charge in [0.05, 0.1) is 28.7 Å². The van der Waals surface area contributed by atoms with Crippen molar-refractivity contribution in [1.29, 1.82) is 0 Å². The van der Waals surface area contributed by atoms with Gasteiger partial charge >= 0.3 is 0 Å². The molecule has 0 saturated carbocycles. The van der Waals surface area contributed by atoms with Gasteiger partial charge in [0.2, 0.25) is 5.91 Å². The summed E-state index contributed by atoms with van der Waals surface area (Å²) < 4.78 is 23.5. The highest BCUT2D eigenvalue weighted by Gasteiger charge is 2.37. The van der Waals surface area contributed by atoms with Gasteiger partial charge in [0.15, 0.2) is 9.84 Å². The van der Waals surface area contributed by atoms with Gasteiger partial charge in [-0.3, -0.25) is 4.79 Å². The summed E-state index contributed by atoms with van der Waals surface area (Å²) in [6, 6.07) is -0.503. The summed E-state index contributed by atoms with van der Waals surface area (Å²) in [5.41, 5.74) is 0. The molecule has 2 atom stereocenters. The van der Waals surface area contributed by atoms with Crippen LogP contribution in [-0.4, -0.2) is 65.3 Å². The summed E-state index contributed by atoms with van der Waals surface area (Å²) in [6.45, 7) is 5.60. The maximum atomic E-state index is 11.8. The van der Waals surface area contributed by atoms with Crippen molar-refractivity contribution in [3.05, 3.63) is 0 Å². The van der Waals surface area contributed by atoms with Crippen molar-refractivity contribution in [2.75, 3.05) is 30.3 Å². The zero-order valence-electron chi connectivity index (χ0n) is 11.5. The second-order valence-electron chi connectivity index (χ2n) is 4.49. The molecule has 0 spiro atoms. The van der Waals surface area contributed by atoms with Crippen LogP contribution in [0.1, 0.15) is 13.8 Å². The monoisotopic (exact) mass is 358 g/mol. The molecule has 1 aliphatic rings. The first-order chi connectivity index (χ1) is 9.29. The van der Waals surface area contributed by atoms with Gasteiger partial charge in [-0.05, 0) is 13.8 Å². The Morgan fingerprint density at radius 2 is 2.00 bits per heavy atom. The summed E-state index contributed by atoms with van der Waals surface area (Å²) in [4.78, 5) is 13.8. The van der Waals surface area contributed by atoms with Gasteiger partial charge in [-0.2, -0.15) is 0 Å². The van der Waals surface area contributed by atoms with E-state index in [1.165, 1.54) is 11.8 Å². The molecule has 0 aromatic heterocycles. The summed E-state index contributed by atoms with van der Waals surface area (Å²) in [5, 5.41) is 2.11. The molecule has 5 nitrogen and oxygen atoms in total. The van der Waals surface area contributed by atoms with Crippen LogP contribution in [-0.2, 0) is 14.6 Å². The summed E-state index contributed by atoms with van der Waals surface area (Å²) in [6.07, 6.45) is 0. The summed E-state index contributed by atoms with van der Waals surface area (Å²) >= 11 is 12.4. The van der Waals surface area contributed by atoms with Crippen LogP contribution in [0.3, 0.4) is 0 Å². The van der Waals surface area contributed by atoms with E-state index >= 15 is 0 Å². The molecular formula is C11H19ClN2O3S3. The van der Waals surface area contributed by atoms with Gasteiger partial charge in [0, 0.05) is 13.1 Å². The Hall–Kier alpha value is -0.0500. The Bertz CT molecular complexity index is 466. The Balaban J connectivity index is 2.40. The molecule has 0 radical (unpaired) electrons. The molecule has 116 valence electrons. The molecule has 1 amide bonds. The molecule has 9 heteroatoms. The van der Waals surface area contributed by atoms with Crippen molar-refractivity contribution in [3.8, 4) is 0 Å². The van der Waals surface area contributed by atoms with E-state index in [0.29, 0.717) is 4.32 Å². The highest BCUT2D eigenvalue weighted by molar-refractivity contribution is 8.23. The average Bonchev–Trinajstić information content (AvgIpc) is 2.61.